The Hall–Kier alpha value is -0.0400. The average molecular weight is 183 g/mol. The molecule has 13 heavy (non-hydrogen) atoms. The Labute approximate surface area is 83.3 Å². The molecular formula is C12H25N. The summed E-state index contributed by atoms with van der Waals surface area (Å²) in [6.07, 6.45) is 4.08. The summed E-state index contributed by atoms with van der Waals surface area (Å²) in [5.74, 6) is 1.77. The second-order valence-electron chi connectivity index (χ2n) is 5.50. The lowest BCUT2D eigenvalue weighted by Gasteiger charge is -2.44. The zero-order valence-corrected chi connectivity index (χ0v) is 9.85. The van der Waals surface area contributed by atoms with Crippen molar-refractivity contribution in [1.29, 1.82) is 0 Å². The van der Waals surface area contributed by atoms with Crippen molar-refractivity contribution in [3.63, 3.8) is 0 Å². The highest BCUT2D eigenvalue weighted by Crippen LogP contribution is 2.42. The van der Waals surface area contributed by atoms with Gasteiger partial charge in [-0.25, -0.2) is 0 Å². The molecule has 0 saturated heterocycles. The molecule has 1 aliphatic carbocycles. The summed E-state index contributed by atoms with van der Waals surface area (Å²) >= 11 is 0. The molecule has 0 aromatic carbocycles. The van der Waals surface area contributed by atoms with Gasteiger partial charge in [-0.3, -0.25) is 0 Å². The third kappa shape index (κ3) is 2.46. The van der Waals surface area contributed by atoms with Crippen molar-refractivity contribution < 1.29 is 0 Å². The van der Waals surface area contributed by atoms with Gasteiger partial charge in [-0.1, -0.05) is 34.1 Å². The first kappa shape index (κ1) is 11.0. The van der Waals surface area contributed by atoms with Gasteiger partial charge < -0.3 is 5.32 Å². The SMILES string of the molecule is CCC1CC(C)(C)CC(NC)C1C. The predicted octanol–water partition coefficient (Wildman–Crippen LogP) is 3.06. The standard InChI is InChI=1S/C12H25N/c1-6-10-7-12(3,4)8-11(13-5)9(10)2/h9-11,13H,6-8H2,1-5H3. The molecule has 0 amide bonds. The van der Waals surface area contributed by atoms with E-state index in [2.05, 4.69) is 40.1 Å². The van der Waals surface area contributed by atoms with Gasteiger partial charge in [-0.05, 0) is 37.1 Å². The molecule has 1 aliphatic rings. The molecule has 0 aromatic rings. The minimum atomic E-state index is 0.543. The lowest BCUT2D eigenvalue weighted by molar-refractivity contribution is 0.0886. The topological polar surface area (TPSA) is 12.0 Å². The van der Waals surface area contributed by atoms with Crippen LogP contribution >= 0.6 is 0 Å². The summed E-state index contributed by atoms with van der Waals surface area (Å²) in [5, 5.41) is 3.47. The maximum absolute atomic E-state index is 3.47. The highest BCUT2D eigenvalue weighted by atomic mass is 14.9. The first-order valence-electron chi connectivity index (χ1n) is 5.67. The fourth-order valence-electron chi connectivity index (χ4n) is 2.97. The van der Waals surface area contributed by atoms with Crippen LogP contribution in [0.1, 0.15) is 47.0 Å². The second kappa shape index (κ2) is 4.00. The summed E-state index contributed by atoms with van der Waals surface area (Å²) in [6, 6.07) is 0.730. The van der Waals surface area contributed by atoms with Gasteiger partial charge in [0, 0.05) is 6.04 Å². The molecule has 0 aromatic heterocycles. The van der Waals surface area contributed by atoms with E-state index in [0.717, 1.165) is 17.9 Å². The lowest BCUT2D eigenvalue weighted by atomic mass is 9.64. The first-order valence-corrected chi connectivity index (χ1v) is 5.67. The minimum absolute atomic E-state index is 0.543. The molecule has 78 valence electrons. The van der Waals surface area contributed by atoms with E-state index in [1.807, 2.05) is 0 Å². The van der Waals surface area contributed by atoms with Crippen LogP contribution < -0.4 is 5.32 Å². The second-order valence-corrected chi connectivity index (χ2v) is 5.50. The van der Waals surface area contributed by atoms with E-state index < -0.39 is 0 Å². The Balaban J connectivity index is 2.68. The largest absolute Gasteiger partial charge is 0.317 e. The van der Waals surface area contributed by atoms with Crippen molar-refractivity contribution >= 4 is 0 Å². The van der Waals surface area contributed by atoms with E-state index in [1.54, 1.807) is 0 Å². The summed E-state index contributed by atoms with van der Waals surface area (Å²) in [6.45, 7) is 9.55. The van der Waals surface area contributed by atoms with E-state index >= 15 is 0 Å². The summed E-state index contributed by atoms with van der Waals surface area (Å²) in [4.78, 5) is 0. The Morgan fingerprint density at radius 1 is 1.31 bits per heavy atom. The van der Waals surface area contributed by atoms with Crippen LogP contribution in [0, 0.1) is 17.3 Å². The molecule has 0 spiro atoms. The summed E-state index contributed by atoms with van der Waals surface area (Å²) in [7, 11) is 2.11. The van der Waals surface area contributed by atoms with Crippen molar-refractivity contribution in [2.75, 3.05) is 7.05 Å². The number of hydrogen-bond donors (Lipinski definition) is 1. The van der Waals surface area contributed by atoms with Crippen LogP contribution in [0.15, 0.2) is 0 Å². The molecule has 0 bridgehead atoms. The van der Waals surface area contributed by atoms with Gasteiger partial charge >= 0.3 is 0 Å². The van der Waals surface area contributed by atoms with Crippen LogP contribution in [-0.2, 0) is 0 Å². The van der Waals surface area contributed by atoms with Gasteiger partial charge in [0.2, 0.25) is 0 Å². The molecular weight excluding hydrogens is 158 g/mol. The van der Waals surface area contributed by atoms with Gasteiger partial charge in [0.1, 0.15) is 0 Å². The van der Waals surface area contributed by atoms with Crippen LogP contribution in [0.25, 0.3) is 0 Å². The monoisotopic (exact) mass is 183 g/mol. The third-order valence-electron chi connectivity index (χ3n) is 3.86. The normalized spacial score (nSPS) is 39.0. The highest BCUT2D eigenvalue weighted by Gasteiger charge is 2.37. The maximum Gasteiger partial charge on any atom is 0.00974 e. The number of nitrogens with one attached hydrogen (secondary N) is 1. The predicted molar refractivity (Wildman–Crippen MR) is 58.8 cm³/mol. The Morgan fingerprint density at radius 2 is 1.92 bits per heavy atom. The lowest BCUT2D eigenvalue weighted by Crippen LogP contribution is -2.45. The van der Waals surface area contributed by atoms with Gasteiger partial charge in [0.15, 0.2) is 0 Å². The molecule has 3 atom stereocenters. The maximum atomic E-state index is 3.47. The van der Waals surface area contributed by atoms with Crippen LogP contribution in [0.3, 0.4) is 0 Å². The molecule has 1 N–H and O–H groups in total. The molecule has 1 rings (SSSR count). The Kier molecular flexibility index (Phi) is 3.39. The first-order chi connectivity index (χ1) is 6.00. The number of hydrogen-bond acceptors (Lipinski definition) is 1. The van der Waals surface area contributed by atoms with E-state index in [1.165, 1.54) is 19.3 Å². The Morgan fingerprint density at radius 3 is 2.38 bits per heavy atom. The van der Waals surface area contributed by atoms with Crippen LogP contribution in [0.2, 0.25) is 0 Å². The molecule has 3 unspecified atom stereocenters. The van der Waals surface area contributed by atoms with E-state index in [-0.39, 0.29) is 0 Å². The molecule has 1 fully saturated rings. The average Bonchev–Trinajstić information content (AvgIpc) is 2.08. The van der Waals surface area contributed by atoms with E-state index in [9.17, 15) is 0 Å². The Bertz CT molecular complexity index is 147. The fraction of sp³-hybridized carbons (Fsp3) is 1.00. The van der Waals surface area contributed by atoms with Crippen LogP contribution in [0.4, 0.5) is 0 Å². The molecule has 1 saturated carbocycles. The van der Waals surface area contributed by atoms with E-state index in [0.29, 0.717) is 5.41 Å². The van der Waals surface area contributed by atoms with Crippen molar-refractivity contribution in [2.45, 2.75) is 53.0 Å². The third-order valence-corrected chi connectivity index (χ3v) is 3.86. The fourth-order valence-corrected chi connectivity index (χ4v) is 2.97. The zero-order valence-electron chi connectivity index (χ0n) is 9.85. The molecule has 1 heteroatoms. The van der Waals surface area contributed by atoms with Crippen LogP contribution in [0.5, 0.6) is 0 Å². The van der Waals surface area contributed by atoms with Gasteiger partial charge in [-0.15, -0.1) is 0 Å². The molecule has 0 radical (unpaired) electrons. The quantitative estimate of drug-likeness (QED) is 0.694. The highest BCUT2D eigenvalue weighted by molar-refractivity contribution is 4.91. The van der Waals surface area contributed by atoms with E-state index in [4.69, 9.17) is 0 Å². The molecule has 0 heterocycles. The summed E-state index contributed by atoms with van der Waals surface area (Å²) < 4.78 is 0. The van der Waals surface area contributed by atoms with Crippen LogP contribution in [-0.4, -0.2) is 13.1 Å². The van der Waals surface area contributed by atoms with Gasteiger partial charge in [0.25, 0.3) is 0 Å². The number of rotatable bonds is 2. The smallest absolute Gasteiger partial charge is 0.00974 e. The van der Waals surface area contributed by atoms with Crippen molar-refractivity contribution in [2.24, 2.45) is 17.3 Å². The zero-order chi connectivity index (χ0) is 10.1. The van der Waals surface area contributed by atoms with Gasteiger partial charge in [0.05, 0.1) is 0 Å². The van der Waals surface area contributed by atoms with Crippen molar-refractivity contribution in [3.05, 3.63) is 0 Å². The summed E-state index contributed by atoms with van der Waals surface area (Å²) in [5.41, 5.74) is 0.543. The molecule has 1 nitrogen and oxygen atoms in total. The minimum Gasteiger partial charge on any atom is -0.317 e. The van der Waals surface area contributed by atoms with Crippen molar-refractivity contribution in [3.8, 4) is 0 Å². The van der Waals surface area contributed by atoms with Crippen molar-refractivity contribution in [1.82, 2.24) is 5.32 Å². The molecule has 0 aliphatic heterocycles. The van der Waals surface area contributed by atoms with Gasteiger partial charge in [-0.2, -0.15) is 0 Å².